The number of pyridine rings is 1. The summed E-state index contributed by atoms with van der Waals surface area (Å²) in [6.45, 7) is -2.70. The van der Waals surface area contributed by atoms with Crippen LogP contribution in [0.15, 0.2) is 18.3 Å². The Morgan fingerprint density at radius 1 is 1.35 bits per heavy atom. The Labute approximate surface area is 134 Å². The minimum atomic E-state index is -2.91. The first kappa shape index (κ1) is 17.4. The van der Waals surface area contributed by atoms with Gasteiger partial charge in [0.2, 0.25) is 5.88 Å². The number of alkyl halides is 2. The number of hydrogen-bond acceptors (Lipinski definition) is 3. The molecule has 0 aromatic carbocycles. The normalized spacial score (nSPS) is 17.4. The molecule has 0 atom stereocenters. The number of carbonyl (C=O) groups is 1. The highest BCUT2D eigenvalue weighted by Crippen LogP contribution is 2.55. The number of urea groups is 1. The number of aromatic nitrogens is 1. The molecule has 2 amide bonds. The van der Waals surface area contributed by atoms with Crippen LogP contribution >= 0.6 is 0 Å². The van der Waals surface area contributed by atoms with Crippen molar-refractivity contribution in [3.8, 4) is 5.88 Å². The van der Waals surface area contributed by atoms with E-state index in [9.17, 15) is 13.6 Å². The summed E-state index contributed by atoms with van der Waals surface area (Å²) in [5, 5.41) is 4.87. The standard InChI is InChI=1S/C9H11F2N3O2.C7H12/c1-12-9(15)14-5-6-2-3-13-7(4-6)16-8(10)11;1-3-7(4-1)5-2-6-7/h2-4,8H,5H2,1H3,(H2,12,14,15);1-6H2. The van der Waals surface area contributed by atoms with Crippen LogP contribution in [0.4, 0.5) is 13.6 Å². The number of hydrogen-bond donors (Lipinski definition) is 2. The molecule has 23 heavy (non-hydrogen) atoms. The summed E-state index contributed by atoms with van der Waals surface area (Å²) in [6, 6.07) is 2.57. The Balaban J connectivity index is 0.000000223. The predicted octanol–water partition coefficient (Wildman–Crippen LogP) is 3.45. The van der Waals surface area contributed by atoms with Crippen LogP contribution < -0.4 is 15.4 Å². The molecule has 5 nitrogen and oxygen atoms in total. The average Bonchev–Trinajstić information content (AvgIpc) is 2.42. The molecule has 1 aromatic rings. The monoisotopic (exact) mass is 327 g/mol. The lowest BCUT2D eigenvalue weighted by Gasteiger charge is -2.49. The molecule has 2 aliphatic rings. The predicted molar refractivity (Wildman–Crippen MR) is 82.3 cm³/mol. The molecule has 3 rings (SSSR count). The van der Waals surface area contributed by atoms with E-state index >= 15 is 0 Å². The first-order valence-corrected chi connectivity index (χ1v) is 7.88. The quantitative estimate of drug-likeness (QED) is 0.890. The fraction of sp³-hybridized carbons (Fsp3) is 0.625. The highest BCUT2D eigenvalue weighted by molar-refractivity contribution is 5.73. The van der Waals surface area contributed by atoms with Crippen molar-refractivity contribution >= 4 is 6.03 Å². The number of halogens is 2. The van der Waals surface area contributed by atoms with Gasteiger partial charge in [0.15, 0.2) is 0 Å². The fourth-order valence-corrected chi connectivity index (χ4v) is 2.84. The van der Waals surface area contributed by atoms with Gasteiger partial charge in [0, 0.05) is 25.9 Å². The van der Waals surface area contributed by atoms with Crippen LogP contribution in [0.2, 0.25) is 0 Å². The lowest BCUT2D eigenvalue weighted by atomic mass is 9.56. The van der Waals surface area contributed by atoms with E-state index in [1.54, 1.807) is 31.7 Å². The molecule has 2 aliphatic carbocycles. The Hall–Kier alpha value is -1.92. The molecule has 0 radical (unpaired) electrons. The molecule has 1 aromatic heterocycles. The van der Waals surface area contributed by atoms with Gasteiger partial charge in [-0.25, -0.2) is 9.78 Å². The van der Waals surface area contributed by atoms with Crippen molar-refractivity contribution in [3.05, 3.63) is 23.9 Å². The van der Waals surface area contributed by atoms with Gasteiger partial charge in [0.05, 0.1) is 0 Å². The second kappa shape index (κ2) is 8.08. The van der Waals surface area contributed by atoms with Gasteiger partial charge in [-0.2, -0.15) is 8.78 Å². The largest absolute Gasteiger partial charge is 0.417 e. The Morgan fingerprint density at radius 2 is 2.00 bits per heavy atom. The summed E-state index contributed by atoms with van der Waals surface area (Å²) >= 11 is 0. The van der Waals surface area contributed by atoms with Crippen LogP contribution in [-0.2, 0) is 6.54 Å². The molecule has 128 valence electrons. The van der Waals surface area contributed by atoms with Crippen LogP contribution in [0.25, 0.3) is 0 Å². The molecule has 7 heteroatoms. The minimum Gasteiger partial charge on any atom is -0.417 e. The number of nitrogens with zero attached hydrogens (tertiary/aromatic N) is 1. The van der Waals surface area contributed by atoms with Gasteiger partial charge < -0.3 is 15.4 Å². The molecule has 0 unspecified atom stereocenters. The van der Waals surface area contributed by atoms with Crippen molar-refractivity contribution in [2.45, 2.75) is 51.7 Å². The molecule has 0 aliphatic heterocycles. The van der Waals surface area contributed by atoms with E-state index in [0.717, 1.165) is 5.41 Å². The number of amides is 2. The molecule has 1 heterocycles. The Morgan fingerprint density at radius 3 is 2.43 bits per heavy atom. The van der Waals surface area contributed by atoms with Crippen molar-refractivity contribution in [1.82, 2.24) is 15.6 Å². The second-order valence-corrected chi connectivity index (χ2v) is 6.02. The van der Waals surface area contributed by atoms with Gasteiger partial charge in [-0.05, 0) is 42.7 Å². The molecule has 2 fully saturated rings. The van der Waals surface area contributed by atoms with Crippen molar-refractivity contribution in [3.63, 3.8) is 0 Å². The van der Waals surface area contributed by atoms with E-state index in [1.165, 1.54) is 32.2 Å². The number of nitrogens with one attached hydrogen (secondary N) is 2. The Kier molecular flexibility index (Phi) is 6.12. The zero-order valence-corrected chi connectivity index (χ0v) is 13.3. The van der Waals surface area contributed by atoms with Crippen LogP contribution in [-0.4, -0.2) is 24.7 Å². The summed E-state index contributed by atoms with van der Waals surface area (Å²) in [5.41, 5.74) is 1.56. The zero-order valence-electron chi connectivity index (χ0n) is 13.3. The highest BCUT2D eigenvalue weighted by atomic mass is 19.3. The van der Waals surface area contributed by atoms with E-state index < -0.39 is 6.61 Å². The smallest absolute Gasteiger partial charge is 0.388 e. The summed E-state index contributed by atoms with van der Waals surface area (Å²) in [6.07, 6.45) is 10.6. The van der Waals surface area contributed by atoms with Crippen LogP contribution in [0.3, 0.4) is 0 Å². The first-order valence-electron chi connectivity index (χ1n) is 7.88. The molecule has 1 spiro atoms. The molecule has 0 saturated heterocycles. The SMILES string of the molecule is C1CC2(C1)CCC2.CNC(=O)NCc1ccnc(OC(F)F)c1. The van der Waals surface area contributed by atoms with E-state index in [4.69, 9.17) is 0 Å². The third-order valence-electron chi connectivity index (χ3n) is 4.52. The Bertz CT molecular complexity index is 502. The van der Waals surface area contributed by atoms with E-state index in [0.29, 0.717) is 5.56 Å². The van der Waals surface area contributed by atoms with Crippen LogP contribution in [0, 0.1) is 5.41 Å². The van der Waals surface area contributed by atoms with Gasteiger partial charge in [-0.15, -0.1) is 0 Å². The van der Waals surface area contributed by atoms with Gasteiger partial charge in [0.1, 0.15) is 0 Å². The van der Waals surface area contributed by atoms with Crippen molar-refractivity contribution in [2.24, 2.45) is 5.41 Å². The van der Waals surface area contributed by atoms with Crippen molar-refractivity contribution in [2.75, 3.05) is 7.05 Å². The van der Waals surface area contributed by atoms with Crippen molar-refractivity contribution < 1.29 is 18.3 Å². The van der Waals surface area contributed by atoms with Gasteiger partial charge in [0.25, 0.3) is 0 Å². The third kappa shape index (κ3) is 5.33. The van der Waals surface area contributed by atoms with Crippen LogP contribution in [0.5, 0.6) is 5.88 Å². The summed E-state index contributed by atoms with van der Waals surface area (Å²) in [5.74, 6) is -0.175. The minimum absolute atomic E-state index is 0.175. The maximum Gasteiger partial charge on any atom is 0.388 e. The molecular weight excluding hydrogens is 304 g/mol. The van der Waals surface area contributed by atoms with Crippen molar-refractivity contribution in [1.29, 1.82) is 0 Å². The second-order valence-electron chi connectivity index (χ2n) is 6.02. The summed E-state index contributed by atoms with van der Waals surface area (Å²) < 4.78 is 27.9. The van der Waals surface area contributed by atoms with E-state index in [-0.39, 0.29) is 18.5 Å². The topological polar surface area (TPSA) is 63.2 Å². The molecule has 0 bridgehead atoms. The van der Waals surface area contributed by atoms with Gasteiger partial charge in [-0.1, -0.05) is 12.8 Å². The number of ether oxygens (including phenoxy) is 1. The average molecular weight is 327 g/mol. The maximum atomic E-state index is 11.9. The third-order valence-corrected chi connectivity index (χ3v) is 4.52. The molecular formula is C16H23F2N3O2. The zero-order chi connectivity index (χ0) is 16.7. The summed E-state index contributed by atoms with van der Waals surface area (Å²) in [7, 11) is 1.48. The summed E-state index contributed by atoms with van der Waals surface area (Å²) in [4.78, 5) is 14.5. The first-order chi connectivity index (χ1) is 11.0. The van der Waals surface area contributed by atoms with Gasteiger partial charge >= 0.3 is 12.6 Å². The fourth-order valence-electron chi connectivity index (χ4n) is 2.84. The molecule has 2 saturated carbocycles. The molecule has 2 N–H and O–H groups in total. The van der Waals surface area contributed by atoms with E-state index in [2.05, 4.69) is 20.4 Å². The van der Waals surface area contributed by atoms with Crippen LogP contribution in [0.1, 0.15) is 44.1 Å². The number of rotatable bonds is 4. The maximum absolute atomic E-state index is 11.9. The van der Waals surface area contributed by atoms with E-state index in [1.807, 2.05) is 0 Å². The highest BCUT2D eigenvalue weighted by Gasteiger charge is 2.41. The van der Waals surface area contributed by atoms with Gasteiger partial charge in [-0.3, -0.25) is 0 Å². The number of carbonyl (C=O) groups excluding carboxylic acids is 1. The lowest BCUT2D eigenvalue weighted by molar-refractivity contribution is -0.0529. The lowest BCUT2D eigenvalue weighted by Crippen LogP contribution is -2.35.